The molecule has 0 saturated heterocycles. The van der Waals surface area contributed by atoms with Crippen LogP contribution < -0.4 is 11.2 Å². The van der Waals surface area contributed by atoms with Crippen LogP contribution in [-0.2, 0) is 23.9 Å². The predicted molar refractivity (Wildman–Crippen MR) is 69.3 cm³/mol. The molecule has 0 amide bonds. The van der Waals surface area contributed by atoms with Gasteiger partial charge in [-0.1, -0.05) is 0 Å². The number of hydrogen-bond acceptors (Lipinski definition) is 5. The summed E-state index contributed by atoms with van der Waals surface area (Å²) in [7, 11) is -0.984. The summed E-state index contributed by atoms with van der Waals surface area (Å²) in [4.78, 5) is 29.8. The molecule has 0 aliphatic rings. The fraction of sp³-hybridized carbons (Fsp3) is 0.444. The molecule has 0 aliphatic heterocycles. The van der Waals surface area contributed by atoms with Crippen molar-refractivity contribution in [2.45, 2.75) is 5.16 Å². The highest BCUT2D eigenvalue weighted by Crippen LogP contribution is 2.11. The first-order valence-corrected chi connectivity index (χ1v) is 7.42. The molecular formula is C9H11ClN4O4S. The van der Waals surface area contributed by atoms with Crippen molar-refractivity contribution in [2.24, 2.45) is 14.1 Å². The Morgan fingerprint density at radius 1 is 1.26 bits per heavy atom. The third-order valence-electron chi connectivity index (χ3n) is 2.71. The Labute approximate surface area is 112 Å². The van der Waals surface area contributed by atoms with Crippen LogP contribution in [0.2, 0.25) is 0 Å². The second-order valence-electron chi connectivity index (χ2n) is 3.95. The van der Waals surface area contributed by atoms with Gasteiger partial charge in [0.15, 0.2) is 11.2 Å². The Morgan fingerprint density at radius 2 is 1.89 bits per heavy atom. The highest BCUT2D eigenvalue weighted by Gasteiger charge is 2.21. The van der Waals surface area contributed by atoms with Crippen molar-refractivity contribution in [3.63, 3.8) is 0 Å². The number of alkyl halides is 1. The quantitative estimate of drug-likeness (QED) is 0.730. The van der Waals surface area contributed by atoms with Crippen LogP contribution in [0, 0.1) is 0 Å². The highest BCUT2D eigenvalue weighted by atomic mass is 35.5. The summed E-state index contributed by atoms with van der Waals surface area (Å²) in [6.07, 6.45) is 0. The van der Waals surface area contributed by atoms with Crippen LogP contribution in [0.4, 0.5) is 0 Å². The van der Waals surface area contributed by atoms with Gasteiger partial charge in [0.05, 0.1) is 5.75 Å². The zero-order valence-electron chi connectivity index (χ0n) is 10.2. The summed E-state index contributed by atoms with van der Waals surface area (Å²) in [5, 5.41) is -0.360. The van der Waals surface area contributed by atoms with E-state index in [2.05, 4.69) is 9.97 Å². The molecule has 19 heavy (non-hydrogen) atoms. The summed E-state index contributed by atoms with van der Waals surface area (Å²) in [6.45, 7) is 0. The maximum atomic E-state index is 11.9. The molecule has 0 aromatic carbocycles. The summed E-state index contributed by atoms with van der Waals surface area (Å²) in [5.41, 5.74) is -1.23. The molecule has 0 unspecified atom stereocenters. The van der Waals surface area contributed by atoms with E-state index in [1.165, 1.54) is 14.1 Å². The third kappa shape index (κ3) is 2.08. The lowest BCUT2D eigenvalue weighted by atomic mass is 10.5. The number of aromatic amines is 1. The van der Waals surface area contributed by atoms with E-state index in [1.807, 2.05) is 0 Å². The Kier molecular flexibility index (Phi) is 3.27. The first kappa shape index (κ1) is 13.8. The average Bonchev–Trinajstić information content (AvgIpc) is 2.79. The summed E-state index contributed by atoms with van der Waals surface area (Å²) in [5.74, 6) is -0.390. The zero-order chi connectivity index (χ0) is 14.4. The molecule has 0 fully saturated rings. The molecule has 0 atom stereocenters. The number of rotatable bonds is 3. The smallest absolute Gasteiger partial charge is 0.323 e. The lowest BCUT2D eigenvalue weighted by molar-refractivity contribution is 0.590. The SMILES string of the molecule is Cn1c(=O)c2[nH]c(S(=O)(=O)CCCl)nc2n(C)c1=O. The van der Waals surface area contributed by atoms with E-state index in [-0.39, 0.29) is 28.0 Å². The first-order chi connectivity index (χ1) is 8.79. The lowest BCUT2D eigenvalue weighted by Gasteiger charge is -2.00. The molecule has 8 nitrogen and oxygen atoms in total. The predicted octanol–water partition coefficient (Wildman–Crippen LogP) is -1.03. The van der Waals surface area contributed by atoms with Crippen LogP contribution >= 0.6 is 11.6 Å². The second kappa shape index (κ2) is 4.49. The molecule has 0 bridgehead atoms. The van der Waals surface area contributed by atoms with Crippen molar-refractivity contribution in [1.82, 2.24) is 19.1 Å². The van der Waals surface area contributed by atoms with Crippen molar-refractivity contribution < 1.29 is 8.42 Å². The average molecular weight is 307 g/mol. The Morgan fingerprint density at radius 3 is 2.47 bits per heavy atom. The van der Waals surface area contributed by atoms with Gasteiger partial charge in [0.25, 0.3) is 5.56 Å². The molecule has 2 aromatic heterocycles. The standard InChI is InChI=1S/C9H11ClN4O4S/c1-13-6-5(7(15)14(2)9(13)16)11-8(12-6)19(17,18)4-3-10/h3-4H2,1-2H3,(H,11,12). The largest absolute Gasteiger partial charge is 0.332 e. The molecule has 0 radical (unpaired) electrons. The van der Waals surface area contributed by atoms with Gasteiger partial charge >= 0.3 is 5.69 Å². The molecule has 104 valence electrons. The van der Waals surface area contributed by atoms with Crippen LogP contribution in [0.3, 0.4) is 0 Å². The number of sulfone groups is 1. The lowest BCUT2D eigenvalue weighted by Crippen LogP contribution is -2.36. The maximum Gasteiger partial charge on any atom is 0.332 e. The highest BCUT2D eigenvalue weighted by molar-refractivity contribution is 7.91. The van der Waals surface area contributed by atoms with E-state index < -0.39 is 21.1 Å². The monoisotopic (exact) mass is 306 g/mol. The summed E-state index contributed by atoms with van der Waals surface area (Å²) < 4.78 is 25.6. The van der Waals surface area contributed by atoms with Crippen molar-refractivity contribution in [3.8, 4) is 0 Å². The van der Waals surface area contributed by atoms with Crippen LogP contribution in [0.1, 0.15) is 0 Å². The van der Waals surface area contributed by atoms with Gasteiger partial charge in [-0.3, -0.25) is 13.9 Å². The molecule has 1 N–H and O–H groups in total. The third-order valence-corrected chi connectivity index (χ3v) is 4.65. The minimum Gasteiger partial charge on any atom is -0.323 e. The minimum atomic E-state index is -3.69. The van der Waals surface area contributed by atoms with Crippen LogP contribution in [0.15, 0.2) is 14.7 Å². The summed E-state index contributed by atoms with van der Waals surface area (Å²) >= 11 is 5.41. The van der Waals surface area contributed by atoms with Gasteiger partial charge in [-0.25, -0.2) is 13.2 Å². The number of hydrogen-bond donors (Lipinski definition) is 1. The van der Waals surface area contributed by atoms with Gasteiger partial charge in [0.1, 0.15) is 0 Å². The number of imidazole rings is 1. The van der Waals surface area contributed by atoms with E-state index in [9.17, 15) is 18.0 Å². The van der Waals surface area contributed by atoms with E-state index in [4.69, 9.17) is 11.6 Å². The van der Waals surface area contributed by atoms with Crippen LogP contribution in [0.5, 0.6) is 0 Å². The van der Waals surface area contributed by atoms with Gasteiger partial charge in [-0.05, 0) is 0 Å². The van der Waals surface area contributed by atoms with Crippen LogP contribution in [0.25, 0.3) is 11.2 Å². The van der Waals surface area contributed by atoms with E-state index in [0.717, 1.165) is 9.13 Å². The van der Waals surface area contributed by atoms with Crippen molar-refractivity contribution >= 4 is 32.6 Å². The maximum absolute atomic E-state index is 11.9. The molecule has 0 aliphatic carbocycles. The number of aryl methyl sites for hydroxylation is 1. The molecule has 2 aromatic rings. The molecule has 0 spiro atoms. The van der Waals surface area contributed by atoms with Gasteiger partial charge in [-0.2, -0.15) is 4.98 Å². The topological polar surface area (TPSA) is 107 Å². The molecule has 10 heteroatoms. The Hall–Kier alpha value is -1.61. The fourth-order valence-corrected chi connectivity index (χ4v) is 3.14. The van der Waals surface area contributed by atoms with Gasteiger partial charge in [0, 0.05) is 20.0 Å². The minimum absolute atomic E-state index is 0.00116. The number of aromatic nitrogens is 4. The second-order valence-corrected chi connectivity index (χ2v) is 6.36. The van der Waals surface area contributed by atoms with Gasteiger partial charge < -0.3 is 4.98 Å². The Balaban J connectivity index is 2.86. The van der Waals surface area contributed by atoms with E-state index >= 15 is 0 Å². The van der Waals surface area contributed by atoms with Crippen molar-refractivity contribution in [2.75, 3.05) is 11.6 Å². The van der Waals surface area contributed by atoms with Crippen molar-refractivity contribution in [3.05, 3.63) is 20.8 Å². The first-order valence-electron chi connectivity index (χ1n) is 5.24. The number of fused-ring (bicyclic) bond motifs is 1. The fourth-order valence-electron chi connectivity index (χ4n) is 1.65. The number of nitrogens with one attached hydrogen (secondary N) is 1. The molecule has 0 saturated carbocycles. The normalized spacial score (nSPS) is 12.2. The van der Waals surface area contributed by atoms with E-state index in [0.29, 0.717) is 0 Å². The molecule has 2 rings (SSSR count). The summed E-state index contributed by atoms with van der Waals surface area (Å²) in [6, 6.07) is 0. The van der Waals surface area contributed by atoms with Gasteiger partial charge in [-0.15, -0.1) is 11.6 Å². The van der Waals surface area contributed by atoms with E-state index in [1.54, 1.807) is 0 Å². The number of H-pyrrole nitrogens is 1. The zero-order valence-corrected chi connectivity index (χ0v) is 11.7. The molecular weight excluding hydrogens is 296 g/mol. The van der Waals surface area contributed by atoms with Crippen LogP contribution in [-0.4, -0.2) is 39.2 Å². The Bertz CT molecular complexity index is 861. The van der Waals surface area contributed by atoms with Gasteiger partial charge in [0.2, 0.25) is 15.0 Å². The number of halogens is 1. The molecule has 2 heterocycles. The number of nitrogens with zero attached hydrogens (tertiary/aromatic N) is 3. The van der Waals surface area contributed by atoms with Crippen molar-refractivity contribution in [1.29, 1.82) is 0 Å².